The summed E-state index contributed by atoms with van der Waals surface area (Å²) in [7, 11) is 0. The van der Waals surface area contributed by atoms with Crippen LogP contribution in [0.25, 0.3) is 0 Å². The summed E-state index contributed by atoms with van der Waals surface area (Å²) in [5, 5.41) is 26.6. The average molecular weight is 385 g/mol. The molecule has 4 nitrogen and oxygen atoms in total. The number of aryl methyl sites for hydroxylation is 2. The lowest BCUT2D eigenvalue weighted by atomic mass is 10.1. The highest BCUT2D eigenvalue weighted by molar-refractivity contribution is 5.15. The molecular formula is C24H36N2O2. The molecule has 0 bridgehead atoms. The van der Waals surface area contributed by atoms with Crippen molar-refractivity contribution in [2.75, 3.05) is 26.2 Å². The molecule has 0 fully saturated rings. The monoisotopic (exact) mass is 384 g/mol. The quantitative estimate of drug-likeness (QED) is 0.357. The number of aliphatic hydroxyl groups is 2. The van der Waals surface area contributed by atoms with Crippen molar-refractivity contribution >= 4 is 0 Å². The smallest absolute Gasteiger partial charge is 0.0935 e. The summed E-state index contributed by atoms with van der Waals surface area (Å²) >= 11 is 0. The van der Waals surface area contributed by atoms with Crippen LogP contribution in [0.2, 0.25) is 0 Å². The molecule has 4 N–H and O–H groups in total. The lowest BCUT2D eigenvalue weighted by Gasteiger charge is -2.19. The molecule has 0 aliphatic carbocycles. The SMILES string of the molecule is OC(CNCCCCc1ccccc1)C(O)CNCCCCc1ccccc1. The Morgan fingerprint density at radius 3 is 1.36 bits per heavy atom. The maximum absolute atomic E-state index is 10.1. The van der Waals surface area contributed by atoms with Crippen LogP contribution >= 0.6 is 0 Å². The van der Waals surface area contributed by atoms with Gasteiger partial charge in [0, 0.05) is 13.1 Å². The first-order valence-corrected chi connectivity index (χ1v) is 10.6. The first-order chi connectivity index (χ1) is 13.8. The Balaban J connectivity index is 1.41. The van der Waals surface area contributed by atoms with E-state index in [2.05, 4.69) is 59.2 Å². The van der Waals surface area contributed by atoms with Gasteiger partial charge in [-0.05, 0) is 62.7 Å². The Morgan fingerprint density at radius 1 is 0.571 bits per heavy atom. The summed E-state index contributed by atoms with van der Waals surface area (Å²) in [5.41, 5.74) is 2.74. The molecule has 28 heavy (non-hydrogen) atoms. The van der Waals surface area contributed by atoms with Gasteiger partial charge in [0.05, 0.1) is 12.2 Å². The largest absolute Gasteiger partial charge is 0.389 e. The zero-order valence-corrected chi connectivity index (χ0v) is 16.9. The van der Waals surface area contributed by atoms with Crippen molar-refractivity contribution in [3.8, 4) is 0 Å². The van der Waals surface area contributed by atoms with Gasteiger partial charge in [-0.25, -0.2) is 0 Å². The van der Waals surface area contributed by atoms with Gasteiger partial charge >= 0.3 is 0 Å². The number of unbranched alkanes of at least 4 members (excludes halogenated alkanes) is 2. The zero-order chi connectivity index (χ0) is 19.9. The maximum atomic E-state index is 10.1. The van der Waals surface area contributed by atoms with Crippen LogP contribution in [-0.2, 0) is 12.8 Å². The molecule has 0 spiro atoms. The number of rotatable bonds is 15. The molecule has 2 aromatic rings. The van der Waals surface area contributed by atoms with Gasteiger partial charge in [-0.2, -0.15) is 0 Å². The van der Waals surface area contributed by atoms with Crippen molar-refractivity contribution in [2.45, 2.75) is 50.7 Å². The first kappa shape index (κ1) is 22.6. The van der Waals surface area contributed by atoms with Gasteiger partial charge < -0.3 is 20.8 Å². The number of aliphatic hydroxyl groups excluding tert-OH is 2. The molecule has 0 aliphatic rings. The van der Waals surface area contributed by atoms with Crippen molar-refractivity contribution in [3.63, 3.8) is 0 Å². The van der Waals surface area contributed by atoms with Crippen LogP contribution < -0.4 is 10.6 Å². The lowest BCUT2D eigenvalue weighted by molar-refractivity contribution is 0.0210. The van der Waals surface area contributed by atoms with Crippen LogP contribution in [0.4, 0.5) is 0 Å². The fraction of sp³-hybridized carbons (Fsp3) is 0.500. The lowest BCUT2D eigenvalue weighted by Crippen LogP contribution is -2.42. The Hall–Kier alpha value is -1.72. The molecule has 0 aromatic heterocycles. The number of hydrogen-bond acceptors (Lipinski definition) is 4. The van der Waals surface area contributed by atoms with Crippen molar-refractivity contribution in [2.24, 2.45) is 0 Å². The Labute approximate surface area is 170 Å². The van der Waals surface area contributed by atoms with Gasteiger partial charge in [-0.15, -0.1) is 0 Å². The van der Waals surface area contributed by atoms with E-state index in [4.69, 9.17) is 0 Å². The highest BCUT2D eigenvalue weighted by Crippen LogP contribution is 2.05. The molecule has 2 unspecified atom stereocenters. The molecule has 4 heteroatoms. The highest BCUT2D eigenvalue weighted by Gasteiger charge is 2.14. The molecule has 0 amide bonds. The van der Waals surface area contributed by atoms with Crippen LogP contribution in [0.15, 0.2) is 60.7 Å². The predicted octanol–water partition coefficient (Wildman–Crippen LogP) is 2.93. The van der Waals surface area contributed by atoms with Crippen LogP contribution in [0.5, 0.6) is 0 Å². The van der Waals surface area contributed by atoms with Crippen LogP contribution in [-0.4, -0.2) is 48.6 Å². The van der Waals surface area contributed by atoms with Gasteiger partial charge in [0.2, 0.25) is 0 Å². The third-order valence-electron chi connectivity index (χ3n) is 4.97. The summed E-state index contributed by atoms with van der Waals surface area (Å²) in [6.07, 6.45) is 5.09. The fourth-order valence-electron chi connectivity index (χ4n) is 3.22. The van der Waals surface area contributed by atoms with E-state index in [1.807, 2.05) is 12.1 Å². The second-order valence-corrected chi connectivity index (χ2v) is 7.43. The molecule has 0 saturated carbocycles. The molecule has 2 rings (SSSR count). The van der Waals surface area contributed by atoms with Crippen molar-refractivity contribution in [3.05, 3.63) is 71.8 Å². The van der Waals surface area contributed by atoms with Crippen molar-refractivity contribution in [1.82, 2.24) is 10.6 Å². The van der Waals surface area contributed by atoms with Gasteiger partial charge in [-0.3, -0.25) is 0 Å². The molecule has 0 radical (unpaired) electrons. The summed E-state index contributed by atoms with van der Waals surface area (Å²) in [6, 6.07) is 21.0. The molecule has 2 atom stereocenters. The second-order valence-electron chi connectivity index (χ2n) is 7.43. The van der Waals surface area contributed by atoms with Gasteiger partial charge in [0.25, 0.3) is 0 Å². The minimum atomic E-state index is -0.731. The van der Waals surface area contributed by atoms with E-state index in [1.165, 1.54) is 11.1 Å². The first-order valence-electron chi connectivity index (χ1n) is 10.6. The molecular weight excluding hydrogens is 348 g/mol. The van der Waals surface area contributed by atoms with Crippen LogP contribution in [0.3, 0.4) is 0 Å². The molecule has 2 aromatic carbocycles. The van der Waals surface area contributed by atoms with Gasteiger partial charge in [-0.1, -0.05) is 60.7 Å². The molecule has 0 heterocycles. The predicted molar refractivity (Wildman–Crippen MR) is 117 cm³/mol. The fourth-order valence-corrected chi connectivity index (χ4v) is 3.22. The molecule has 154 valence electrons. The second kappa shape index (κ2) is 14.3. The van der Waals surface area contributed by atoms with Gasteiger partial charge in [0.1, 0.15) is 0 Å². The summed E-state index contributed by atoms with van der Waals surface area (Å²) in [4.78, 5) is 0. The number of benzene rings is 2. The number of hydrogen-bond donors (Lipinski definition) is 4. The molecule has 0 aliphatic heterocycles. The van der Waals surface area contributed by atoms with E-state index in [0.717, 1.165) is 51.6 Å². The van der Waals surface area contributed by atoms with Crippen LogP contribution in [0, 0.1) is 0 Å². The van der Waals surface area contributed by atoms with Gasteiger partial charge in [0.15, 0.2) is 0 Å². The summed E-state index contributed by atoms with van der Waals surface area (Å²) < 4.78 is 0. The van der Waals surface area contributed by atoms with E-state index < -0.39 is 12.2 Å². The Bertz CT molecular complexity index is 551. The third-order valence-corrected chi connectivity index (χ3v) is 4.97. The topological polar surface area (TPSA) is 64.5 Å². The minimum absolute atomic E-state index is 0.433. The Kier molecular flexibility index (Phi) is 11.5. The summed E-state index contributed by atoms with van der Waals surface area (Å²) in [5.74, 6) is 0. The zero-order valence-electron chi connectivity index (χ0n) is 16.9. The molecule has 0 saturated heterocycles. The standard InChI is InChI=1S/C24H36N2O2/c27-23(19-25-17-9-7-15-21-11-3-1-4-12-21)24(28)20-26-18-10-8-16-22-13-5-2-6-14-22/h1-6,11-14,23-28H,7-10,15-20H2. The highest BCUT2D eigenvalue weighted by atomic mass is 16.3. The minimum Gasteiger partial charge on any atom is -0.389 e. The third kappa shape index (κ3) is 10.00. The van der Waals surface area contributed by atoms with E-state index in [0.29, 0.717) is 13.1 Å². The Morgan fingerprint density at radius 2 is 0.964 bits per heavy atom. The normalized spacial score (nSPS) is 13.4. The number of nitrogens with one attached hydrogen (secondary N) is 2. The van der Waals surface area contributed by atoms with Crippen molar-refractivity contribution < 1.29 is 10.2 Å². The van der Waals surface area contributed by atoms with E-state index in [-0.39, 0.29) is 0 Å². The summed E-state index contributed by atoms with van der Waals surface area (Å²) in [6.45, 7) is 2.59. The van der Waals surface area contributed by atoms with Crippen LogP contribution in [0.1, 0.15) is 36.8 Å². The van der Waals surface area contributed by atoms with E-state index in [1.54, 1.807) is 0 Å². The average Bonchev–Trinajstić information content (AvgIpc) is 2.74. The van der Waals surface area contributed by atoms with Crippen molar-refractivity contribution in [1.29, 1.82) is 0 Å². The van der Waals surface area contributed by atoms with E-state index >= 15 is 0 Å². The van der Waals surface area contributed by atoms with E-state index in [9.17, 15) is 10.2 Å². The maximum Gasteiger partial charge on any atom is 0.0935 e.